The van der Waals surface area contributed by atoms with Crippen LogP contribution in [0.5, 0.6) is 0 Å². The zero-order valence-electron chi connectivity index (χ0n) is 14.8. The Morgan fingerprint density at radius 3 is 2.52 bits per heavy atom. The van der Waals surface area contributed by atoms with Crippen LogP contribution in [-0.2, 0) is 9.59 Å². The zero-order valence-corrected chi connectivity index (χ0v) is 14.8. The van der Waals surface area contributed by atoms with E-state index < -0.39 is 29.6 Å². The van der Waals surface area contributed by atoms with Crippen molar-refractivity contribution in [3.05, 3.63) is 35.1 Å². The van der Waals surface area contributed by atoms with Crippen LogP contribution in [0.1, 0.15) is 49.0 Å². The van der Waals surface area contributed by atoms with Gasteiger partial charge in [0.2, 0.25) is 5.91 Å². The van der Waals surface area contributed by atoms with Gasteiger partial charge in [-0.25, -0.2) is 9.18 Å². The molecule has 1 aliphatic heterocycles. The molecular weight excluding hydrogens is 327 g/mol. The van der Waals surface area contributed by atoms with Gasteiger partial charge in [-0.05, 0) is 37.5 Å². The molecule has 1 aromatic carbocycles. The molecule has 138 valence electrons. The fraction of sp³-hybridized carbons (Fsp3) is 0.500. The molecule has 1 atom stereocenters. The Morgan fingerprint density at radius 1 is 1.32 bits per heavy atom. The van der Waals surface area contributed by atoms with Gasteiger partial charge < -0.3 is 15.3 Å². The van der Waals surface area contributed by atoms with Crippen molar-refractivity contribution in [3.63, 3.8) is 0 Å². The second-order valence-electron chi connectivity index (χ2n) is 5.96. The minimum absolute atomic E-state index is 0.144. The molecule has 0 spiro atoms. The highest BCUT2D eigenvalue weighted by molar-refractivity contribution is 5.97. The van der Waals surface area contributed by atoms with E-state index >= 15 is 0 Å². The van der Waals surface area contributed by atoms with Crippen LogP contribution in [0, 0.1) is 12.7 Å². The van der Waals surface area contributed by atoms with Crippen LogP contribution in [0.15, 0.2) is 18.2 Å². The summed E-state index contributed by atoms with van der Waals surface area (Å²) in [4.78, 5) is 36.1. The number of benzene rings is 1. The second kappa shape index (κ2) is 9.76. The number of hydrogen-bond donors (Lipinski definition) is 2. The monoisotopic (exact) mass is 352 g/mol. The van der Waals surface area contributed by atoms with E-state index in [9.17, 15) is 18.8 Å². The molecule has 1 fully saturated rings. The van der Waals surface area contributed by atoms with E-state index in [4.69, 9.17) is 5.11 Å². The van der Waals surface area contributed by atoms with Gasteiger partial charge >= 0.3 is 5.97 Å². The fourth-order valence-electron chi connectivity index (χ4n) is 2.48. The van der Waals surface area contributed by atoms with E-state index in [0.717, 1.165) is 0 Å². The Balaban J connectivity index is 0.000000970. The lowest BCUT2D eigenvalue weighted by Gasteiger charge is -2.21. The van der Waals surface area contributed by atoms with Crippen LogP contribution in [0.4, 0.5) is 4.39 Å². The predicted octanol–water partition coefficient (Wildman–Crippen LogP) is 2.36. The van der Waals surface area contributed by atoms with E-state index in [-0.39, 0.29) is 12.1 Å². The molecule has 1 heterocycles. The number of likely N-dealkylation sites (tertiary alicyclic amines) is 1. The van der Waals surface area contributed by atoms with E-state index in [0.29, 0.717) is 24.9 Å². The van der Waals surface area contributed by atoms with Crippen molar-refractivity contribution in [2.45, 2.75) is 46.1 Å². The number of carboxylic acids is 1. The highest BCUT2D eigenvalue weighted by atomic mass is 19.1. The van der Waals surface area contributed by atoms with E-state index in [2.05, 4.69) is 19.2 Å². The number of amides is 2. The minimum atomic E-state index is -1.05. The lowest BCUT2D eigenvalue weighted by Crippen LogP contribution is -2.45. The Morgan fingerprint density at radius 2 is 1.96 bits per heavy atom. The largest absolute Gasteiger partial charge is 0.480 e. The first-order chi connectivity index (χ1) is 11.8. The lowest BCUT2D eigenvalue weighted by atomic mass is 10.1. The molecule has 7 heteroatoms. The van der Waals surface area contributed by atoms with Gasteiger partial charge in [0.05, 0.1) is 12.1 Å². The highest BCUT2D eigenvalue weighted by Gasteiger charge is 2.33. The number of rotatable bonds is 4. The summed E-state index contributed by atoms with van der Waals surface area (Å²) in [6.07, 6.45) is 2.27. The third-order valence-corrected chi connectivity index (χ3v) is 3.63. The summed E-state index contributed by atoms with van der Waals surface area (Å²) in [7, 11) is 0. The number of carboxylic acid groups (broad SMARTS) is 1. The average Bonchev–Trinajstić information content (AvgIpc) is 3.03. The summed E-state index contributed by atoms with van der Waals surface area (Å²) >= 11 is 0. The molecule has 0 radical (unpaired) electrons. The molecule has 1 saturated heterocycles. The quantitative estimate of drug-likeness (QED) is 0.871. The average molecular weight is 352 g/mol. The summed E-state index contributed by atoms with van der Waals surface area (Å²) in [5.74, 6) is -2.89. The number of aryl methyl sites for hydroxylation is 1. The number of carbonyl (C=O) groups is 3. The summed E-state index contributed by atoms with van der Waals surface area (Å²) in [6, 6.07) is 3.33. The molecule has 0 bridgehead atoms. The first-order valence-corrected chi connectivity index (χ1v) is 8.38. The molecule has 0 aliphatic carbocycles. The smallest absolute Gasteiger partial charge is 0.326 e. The van der Waals surface area contributed by atoms with E-state index in [1.165, 1.54) is 23.5 Å². The number of hydrogen-bond acceptors (Lipinski definition) is 3. The van der Waals surface area contributed by atoms with Crippen LogP contribution >= 0.6 is 0 Å². The maximum atomic E-state index is 13.7. The van der Waals surface area contributed by atoms with Crippen LogP contribution in [0.25, 0.3) is 0 Å². The summed E-state index contributed by atoms with van der Waals surface area (Å²) < 4.78 is 13.7. The van der Waals surface area contributed by atoms with Crippen molar-refractivity contribution in [1.82, 2.24) is 10.2 Å². The third kappa shape index (κ3) is 5.85. The lowest BCUT2D eigenvalue weighted by molar-refractivity contribution is -0.147. The normalized spacial score (nSPS) is 16.0. The van der Waals surface area contributed by atoms with Crippen LogP contribution in [0.2, 0.25) is 0 Å². The molecular formula is C18H25FN2O4. The Kier molecular flexibility index (Phi) is 8.04. The van der Waals surface area contributed by atoms with Gasteiger partial charge in [-0.1, -0.05) is 26.3 Å². The summed E-state index contributed by atoms with van der Waals surface area (Å²) in [6.45, 7) is 5.95. The molecule has 2 rings (SSSR count). The molecule has 1 aromatic rings. The highest BCUT2D eigenvalue weighted by Crippen LogP contribution is 2.17. The maximum Gasteiger partial charge on any atom is 0.326 e. The van der Waals surface area contributed by atoms with Crippen molar-refractivity contribution in [3.8, 4) is 0 Å². The number of nitrogens with zero attached hydrogens (tertiary/aromatic N) is 1. The molecule has 0 aromatic heterocycles. The fourth-order valence-corrected chi connectivity index (χ4v) is 2.48. The number of halogens is 1. The first-order valence-electron chi connectivity index (χ1n) is 8.38. The maximum absolute atomic E-state index is 13.7. The number of nitrogens with one attached hydrogen (secondary N) is 1. The predicted molar refractivity (Wildman–Crippen MR) is 91.8 cm³/mol. The molecule has 2 amide bonds. The number of aliphatic carboxylic acids is 1. The SMILES string of the molecule is CCC.Cc1ccc(C(=O)NCC(=O)N2CCCC2C(=O)O)c(F)c1. The first kappa shape index (κ1) is 20.6. The van der Waals surface area contributed by atoms with Gasteiger partial charge in [0.1, 0.15) is 11.9 Å². The Labute approximate surface area is 147 Å². The topological polar surface area (TPSA) is 86.7 Å². The zero-order chi connectivity index (χ0) is 19.0. The molecule has 2 N–H and O–H groups in total. The van der Waals surface area contributed by atoms with Crippen molar-refractivity contribution >= 4 is 17.8 Å². The molecule has 6 nitrogen and oxygen atoms in total. The second-order valence-corrected chi connectivity index (χ2v) is 5.96. The van der Waals surface area contributed by atoms with Gasteiger partial charge in [-0.3, -0.25) is 9.59 Å². The van der Waals surface area contributed by atoms with Crippen LogP contribution < -0.4 is 5.32 Å². The third-order valence-electron chi connectivity index (χ3n) is 3.63. The van der Waals surface area contributed by atoms with Crippen molar-refractivity contribution in [2.75, 3.05) is 13.1 Å². The van der Waals surface area contributed by atoms with E-state index in [1.807, 2.05) is 0 Å². The standard InChI is InChI=1S/C15H17FN2O4.C3H8/c1-9-4-5-10(11(16)7-9)14(20)17-8-13(19)18-6-2-3-12(18)15(21)22;1-3-2/h4-5,7,12H,2-3,6,8H2,1H3,(H,17,20)(H,21,22);3H2,1-2H3. The van der Waals surface area contributed by atoms with Gasteiger partial charge in [0.15, 0.2) is 0 Å². The van der Waals surface area contributed by atoms with Gasteiger partial charge in [-0.15, -0.1) is 0 Å². The van der Waals surface area contributed by atoms with Gasteiger partial charge in [0, 0.05) is 6.54 Å². The molecule has 0 saturated carbocycles. The number of carbonyl (C=O) groups excluding carboxylic acids is 2. The van der Waals surface area contributed by atoms with E-state index in [1.54, 1.807) is 13.0 Å². The van der Waals surface area contributed by atoms with Crippen molar-refractivity contribution in [2.24, 2.45) is 0 Å². The van der Waals surface area contributed by atoms with Crippen LogP contribution in [0.3, 0.4) is 0 Å². The van der Waals surface area contributed by atoms with Gasteiger partial charge in [0.25, 0.3) is 5.91 Å². The van der Waals surface area contributed by atoms with Crippen molar-refractivity contribution in [1.29, 1.82) is 0 Å². The Bertz CT molecular complexity index is 634. The van der Waals surface area contributed by atoms with Crippen LogP contribution in [-0.4, -0.2) is 46.9 Å². The van der Waals surface area contributed by atoms with Crippen molar-refractivity contribution < 1.29 is 23.9 Å². The Hall–Kier alpha value is -2.44. The minimum Gasteiger partial charge on any atom is -0.480 e. The molecule has 1 aliphatic rings. The summed E-state index contributed by atoms with van der Waals surface area (Å²) in [5, 5.41) is 11.4. The molecule has 25 heavy (non-hydrogen) atoms. The summed E-state index contributed by atoms with van der Waals surface area (Å²) in [5.41, 5.74) is 0.543. The van der Waals surface area contributed by atoms with Gasteiger partial charge in [-0.2, -0.15) is 0 Å². The molecule has 1 unspecified atom stereocenters.